The normalized spacial score (nSPS) is 10.4. The minimum Gasteiger partial charge on any atom is -0.484 e. The Morgan fingerprint density at radius 3 is 2.07 bits per heavy atom. The molecule has 0 spiro atoms. The van der Waals surface area contributed by atoms with E-state index in [0.717, 1.165) is 35.4 Å². The zero-order valence-electron chi connectivity index (χ0n) is 16.3. The van der Waals surface area contributed by atoms with Gasteiger partial charge in [0, 0.05) is 11.8 Å². The first-order chi connectivity index (χ1) is 13.7. The van der Waals surface area contributed by atoms with E-state index in [-0.39, 0.29) is 12.5 Å². The first-order valence-corrected chi connectivity index (χ1v) is 9.56. The molecule has 4 heteroatoms. The van der Waals surface area contributed by atoms with Crippen LogP contribution >= 0.6 is 0 Å². The van der Waals surface area contributed by atoms with Crippen LogP contribution in [0.2, 0.25) is 0 Å². The lowest BCUT2D eigenvalue weighted by molar-refractivity contribution is -0.118. The van der Waals surface area contributed by atoms with Gasteiger partial charge in [-0.3, -0.25) is 4.79 Å². The van der Waals surface area contributed by atoms with Crippen molar-refractivity contribution in [1.29, 1.82) is 0 Å². The molecule has 0 radical (unpaired) electrons. The molecule has 0 saturated heterocycles. The largest absolute Gasteiger partial charge is 0.484 e. The molecule has 0 heterocycles. The Hall–Kier alpha value is -3.27. The smallest absolute Gasteiger partial charge is 0.262 e. The number of rotatable bonds is 8. The second kappa shape index (κ2) is 9.60. The van der Waals surface area contributed by atoms with Crippen molar-refractivity contribution in [3.63, 3.8) is 0 Å². The average molecular weight is 375 g/mol. The third kappa shape index (κ3) is 5.13. The fraction of sp³-hybridized carbons (Fsp3) is 0.208. The van der Waals surface area contributed by atoms with Gasteiger partial charge in [-0.05, 0) is 48.2 Å². The summed E-state index contributed by atoms with van der Waals surface area (Å²) in [7, 11) is 0. The molecule has 1 N–H and O–H groups in total. The highest BCUT2D eigenvalue weighted by Crippen LogP contribution is 2.25. The Balaban J connectivity index is 1.62. The summed E-state index contributed by atoms with van der Waals surface area (Å²) in [6, 6.07) is 22.9. The summed E-state index contributed by atoms with van der Waals surface area (Å²) in [4.78, 5) is 12.4. The van der Waals surface area contributed by atoms with E-state index < -0.39 is 0 Å². The average Bonchev–Trinajstić information content (AvgIpc) is 2.73. The lowest BCUT2D eigenvalue weighted by Gasteiger charge is -2.15. The van der Waals surface area contributed by atoms with Gasteiger partial charge in [-0.25, -0.2) is 0 Å². The second-order valence-corrected chi connectivity index (χ2v) is 6.39. The number of carbonyl (C=O) groups excluding carboxylic acids is 1. The van der Waals surface area contributed by atoms with E-state index in [0.29, 0.717) is 11.5 Å². The molecule has 0 saturated carbocycles. The maximum atomic E-state index is 12.4. The Kier molecular flexibility index (Phi) is 6.68. The van der Waals surface area contributed by atoms with Crippen LogP contribution in [0.4, 0.5) is 5.69 Å². The topological polar surface area (TPSA) is 47.6 Å². The zero-order valence-corrected chi connectivity index (χ0v) is 16.3. The number of hydrogen-bond acceptors (Lipinski definition) is 3. The van der Waals surface area contributed by atoms with Crippen LogP contribution in [0, 0.1) is 0 Å². The Morgan fingerprint density at radius 2 is 1.39 bits per heavy atom. The van der Waals surface area contributed by atoms with E-state index in [4.69, 9.17) is 9.47 Å². The fourth-order valence-corrected chi connectivity index (χ4v) is 2.98. The molecule has 144 valence electrons. The molecule has 4 nitrogen and oxygen atoms in total. The maximum Gasteiger partial charge on any atom is 0.262 e. The van der Waals surface area contributed by atoms with Gasteiger partial charge in [0.1, 0.15) is 17.2 Å². The van der Waals surface area contributed by atoms with Gasteiger partial charge in [-0.1, -0.05) is 56.3 Å². The molecular weight excluding hydrogens is 350 g/mol. The summed E-state index contributed by atoms with van der Waals surface area (Å²) in [5.41, 5.74) is 3.17. The summed E-state index contributed by atoms with van der Waals surface area (Å²) >= 11 is 0. The van der Waals surface area contributed by atoms with Crippen molar-refractivity contribution < 1.29 is 14.3 Å². The number of para-hydroxylation sites is 2. The molecule has 0 atom stereocenters. The minimum atomic E-state index is -0.176. The first-order valence-electron chi connectivity index (χ1n) is 9.56. The lowest BCUT2D eigenvalue weighted by atomic mass is 10.0. The number of anilines is 1. The van der Waals surface area contributed by atoms with Crippen LogP contribution in [-0.2, 0) is 17.6 Å². The lowest BCUT2D eigenvalue weighted by Crippen LogP contribution is -2.21. The molecule has 0 unspecified atom stereocenters. The first kappa shape index (κ1) is 19.5. The predicted octanol–water partition coefficient (Wildman–Crippen LogP) is 5.62. The van der Waals surface area contributed by atoms with E-state index in [9.17, 15) is 4.79 Å². The standard InChI is InChI=1S/C24H25NO3/c1-3-18-10-8-11-19(4-2)24(18)25-23(26)17-27-21-14-9-15-22(16-21)28-20-12-6-5-7-13-20/h5-16H,3-4,17H2,1-2H3,(H,25,26). The maximum absolute atomic E-state index is 12.4. The highest BCUT2D eigenvalue weighted by molar-refractivity contribution is 5.93. The number of ether oxygens (including phenoxy) is 2. The van der Waals surface area contributed by atoms with Crippen LogP contribution in [0.1, 0.15) is 25.0 Å². The molecule has 0 aliphatic carbocycles. The van der Waals surface area contributed by atoms with E-state index in [1.54, 1.807) is 6.07 Å². The van der Waals surface area contributed by atoms with Gasteiger partial charge in [-0.15, -0.1) is 0 Å². The van der Waals surface area contributed by atoms with Crippen LogP contribution in [0.3, 0.4) is 0 Å². The van der Waals surface area contributed by atoms with E-state index in [1.807, 2.05) is 66.7 Å². The Bertz CT molecular complexity index is 900. The molecule has 0 fully saturated rings. The van der Waals surface area contributed by atoms with Crippen LogP contribution in [0.5, 0.6) is 17.2 Å². The third-order valence-electron chi connectivity index (χ3n) is 4.42. The predicted molar refractivity (Wildman–Crippen MR) is 112 cm³/mol. The Labute approximate surface area is 166 Å². The van der Waals surface area contributed by atoms with E-state index in [2.05, 4.69) is 19.2 Å². The summed E-state index contributed by atoms with van der Waals surface area (Å²) in [5.74, 6) is 1.82. The minimum absolute atomic E-state index is 0.0595. The van der Waals surface area contributed by atoms with Crippen molar-refractivity contribution in [2.45, 2.75) is 26.7 Å². The zero-order chi connectivity index (χ0) is 19.8. The molecular formula is C24H25NO3. The number of nitrogens with one attached hydrogen (secondary N) is 1. The number of benzene rings is 3. The Morgan fingerprint density at radius 1 is 0.786 bits per heavy atom. The van der Waals surface area contributed by atoms with Crippen molar-refractivity contribution in [3.05, 3.63) is 83.9 Å². The monoisotopic (exact) mass is 375 g/mol. The van der Waals surface area contributed by atoms with Crippen molar-refractivity contribution >= 4 is 11.6 Å². The van der Waals surface area contributed by atoms with Crippen molar-refractivity contribution in [2.24, 2.45) is 0 Å². The molecule has 28 heavy (non-hydrogen) atoms. The highest BCUT2D eigenvalue weighted by atomic mass is 16.5. The molecule has 0 aliphatic heterocycles. The van der Waals surface area contributed by atoms with Gasteiger partial charge in [-0.2, -0.15) is 0 Å². The van der Waals surface area contributed by atoms with Crippen molar-refractivity contribution in [1.82, 2.24) is 0 Å². The highest BCUT2D eigenvalue weighted by Gasteiger charge is 2.11. The van der Waals surface area contributed by atoms with E-state index in [1.165, 1.54) is 0 Å². The summed E-state index contributed by atoms with van der Waals surface area (Å²) < 4.78 is 11.5. The van der Waals surface area contributed by atoms with Crippen molar-refractivity contribution in [3.8, 4) is 17.2 Å². The molecule has 3 rings (SSSR count). The van der Waals surface area contributed by atoms with Gasteiger partial charge < -0.3 is 14.8 Å². The SMILES string of the molecule is CCc1cccc(CC)c1NC(=O)COc1cccc(Oc2ccccc2)c1. The summed E-state index contributed by atoms with van der Waals surface area (Å²) in [5, 5.41) is 3.01. The number of hydrogen-bond donors (Lipinski definition) is 1. The third-order valence-corrected chi connectivity index (χ3v) is 4.42. The summed E-state index contributed by atoms with van der Waals surface area (Å²) in [6.07, 6.45) is 1.73. The van der Waals surface area contributed by atoms with Gasteiger partial charge in [0.25, 0.3) is 5.91 Å². The van der Waals surface area contributed by atoms with Gasteiger partial charge in [0.05, 0.1) is 0 Å². The van der Waals surface area contributed by atoms with Gasteiger partial charge >= 0.3 is 0 Å². The van der Waals surface area contributed by atoms with Gasteiger partial charge in [0.15, 0.2) is 6.61 Å². The molecule has 0 aromatic heterocycles. The number of amides is 1. The second-order valence-electron chi connectivity index (χ2n) is 6.39. The molecule has 0 aliphatic rings. The van der Waals surface area contributed by atoms with Crippen molar-refractivity contribution in [2.75, 3.05) is 11.9 Å². The van der Waals surface area contributed by atoms with Crippen LogP contribution in [0.25, 0.3) is 0 Å². The van der Waals surface area contributed by atoms with Gasteiger partial charge in [0.2, 0.25) is 0 Å². The fourth-order valence-electron chi connectivity index (χ4n) is 2.98. The molecule has 3 aromatic carbocycles. The molecule has 1 amide bonds. The summed E-state index contributed by atoms with van der Waals surface area (Å²) in [6.45, 7) is 4.11. The molecule has 0 bridgehead atoms. The van der Waals surface area contributed by atoms with Crippen LogP contribution in [0.15, 0.2) is 72.8 Å². The number of aryl methyl sites for hydroxylation is 2. The van der Waals surface area contributed by atoms with E-state index >= 15 is 0 Å². The van der Waals surface area contributed by atoms with Crippen LogP contribution in [-0.4, -0.2) is 12.5 Å². The quantitative estimate of drug-likeness (QED) is 0.556. The van der Waals surface area contributed by atoms with Crippen LogP contribution < -0.4 is 14.8 Å². The number of carbonyl (C=O) groups is 1. The molecule has 3 aromatic rings.